The Hall–Kier alpha value is -2.28. The molecule has 6 nitrogen and oxygen atoms in total. The highest BCUT2D eigenvalue weighted by molar-refractivity contribution is 5.95. The fourth-order valence-corrected chi connectivity index (χ4v) is 5.37. The molecule has 2 fully saturated rings. The first kappa shape index (κ1) is 22.9. The van der Waals surface area contributed by atoms with Crippen LogP contribution in [-0.2, 0) is 5.41 Å². The highest BCUT2D eigenvalue weighted by Gasteiger charge is 2.40. The van der Waals surface area contributed by atoms with E-state index in [0.717, 1.165) is 57.6 Å². The second kappa shape index (κ2) is 10.1. The standard InChI is InChI=1S/C26H36N4O2/c1-20-22(9-6-14-27-20)25(32)28-19-26(21-7-4-3-5-8-21)12-10-23(24(31)11-13-26)30-17-15-29(2)16-18-30/h3-9,14,23-24,31H,10-13,15-19H2,1-2H3,(H,28,32)/t23-,24-,26-/m0/s1. The van der Waals surface area contributed by atoms with E-state index in [-0.39, 0.29) is 23.5 Å². The minimum absolute atomic E-state index is 0.0775. The predicted molar refractivity (Wildman–Crippen MR) is 127 cm³/mol. The zero-order valence-electron chi connectivity index (χ0n) is 19.3. The Bertz CT molecular complexity index is 898. The highest BCUT2D eigenvalue weighted by Crippen LogP contribution is 2.39. The molecule has 3 atom stereocenters. The van der Waals surface area contributed by atoms with Gasteiger partial charge in [0.25, 0.3) is 5.91 Å². The molecule has 2 N–H and O–H groups in total. The molecule has 2 heterocycles. The summed E-state index contributed by atoms with van der Waals surface area (Å²) < 4.78 is 0. The third kappa shape index (κ3) is 5.03. The number of pyridine rings is 1. The maximum atomic E-state index is 13.0. The average Bonchev–Trinajstić information content (AvgIpc) is 2.99. The SMILES string of the molecule is Cc1ncccc1C(=O)NC[C@@]1(c2ccccc2)CC[C@H](O)[C@@H](N2CCN(C)CC2)CC1. The Morgan fingerprint density at radius 2 is 1.81 bits per heavy atom. The van der Waals surface area contributed by atoms with Gasteiger partial charge in [-0.1, -0.05) is 30.3 Å². The van der Waals surface area contributed by atoms with Crippen LogP contribution in [0.4, 0.5) is 0 Å². The number of carbonyl (C=O) groups is 1. The number of piperazine rings is 1. The van der Waals surface area contributed by atoms with Crippen molar-refractivity contribution in [2.24, 2.45) is 0 Å². The van der Waals surface area contributed by atoms with Gasteiger partial charge in [0.15, 0.2) is 0 Å². The van der Waals surface area contributed by atoms with Crippen LogP contribution in [0.25, 0.3) is 0 Å². The zero-order chi connectivity index (χ0) is 22.6. The number of rotatable bonds is 5. The van der Waals surface area contributed by atoms with Crippen molar-refractivity contribution in [1.29, 1.82) is 0 Å². The monoisotopic (exact) mass is 436 g/mol. The summed E-state index contributed by atoms with van der Waals surface area (Å²) >= 11 is 0. The highest BCUT2D eigenvalue weighted by atomic mass is 16.3. The first-order valence-corrected chi connectivity index (χ1v) is 11.8. The number of aryl methyl sites for hydroxylation is 1. The predicted octanol–water partition coefficient (Wildman–Crippen LogP) is 2.61. The molecule has 6 heteroatoms. The van der Waals surface area contributed by atoms with E-state index in [4.69, 9.17) is 0 Å². The minimum Gasteiger partial charge on any atom is -0.391 e. The summed E-state index contributed by atoms with van der Waals surface area (Å²) in [6, 6.07) is 14.3. The molecule has 0 bridgehead atoms. The Balaban J connectivity index is 1.53. The van der Waals surface area contributed by atoms with Crippen molar-refractivity contribution < 1.29 is 9.90 Å². The molecule has 2 aliphatic rings. The second-order valence-electron chi connectivity index (χ2n) is 9.52. The third-order valence-electron chi connectivity index (χ3n) is 7.51. The van der Waals surface area contributed by atoms with Crippen molar-refractivity contribution in [2.45, 2.75) is 50.2 Å². The summed E-state index contributed by atoms with van der Waals surface area (Å²) in [5, 5.41) is 14.3. The van der Waals surface area contributed by atoms with E-state index in [9.17, 15) is 9.90 Å². The maximum Gasteiger partial charge on any atom is 0.253 e. The number of carbonyl (C=O) groups excluding carboxylic acids is 1. The van der Waals surface area contributed by atoms with Crippen LogP contribution in [0.1, 0.15) is 47.3 Å². The van der Waals surface area contributed by atoms with Crippen molar-refractivity contribution in [3.63, 3.8) is 0 Å². The molecular weight excluding hydrogens is 400 g/mol. The number of amides is 1. The van der Waals surface area contributed by atoms with Crippen molar-refractivity contribution in [2.75, 3.05) is 39.8 Å². The molecule has 4 rings (SSSR count). The number of nitrogens with one attached hydrogen (secondary N) is 1. The van der Waals surface area contributed by atoms with E-state index in [1.54, 1.807) is 12.3 Å². The average molecular weight is 437 g/mol. The number of aromatic nitrogens is 1. The Labute approximate surface area is 191 Å². The van der Waals surface area contributed by atoms with Crippen LogP contribution < -0.4 is 5.32 Å². The van der Waals surface area contributed by atoms with Gasteiger partial charge >= 0.3 is 0 Å². The van der Waals surface area contributed by atoms with Crippen molar-refractivity contribution in [3.05, 3.63) is 65.5 Å². The van der Waals surface area contributed by atoms with E-state index < -0.39 is 0 Å². The van der Waals surface area contributed by atoms with Crippen LogP contribution in [0, 0.1) is 6.92 Å². The van der Waals surface area contributed by atoms with Gasteiger partial charge in [0.2, 0.25) is 0 Å². The number of benzene rings is 1. The summed E-state index contributed by atoms with van der Waals surface area (Å²) in [6.07, 6.45) is 4.85. The zero-order valence-corrected chi connectivity index (χ0v) is 19.3. The van der Waals surface area contributed by atoms with E-state index in [1.165, 1.54) is 5.56 Å². The lowest BCUT2D eigenvalue weighted by Crippen LogP contribution is -2.52. The number of hydrogen-bond acceptors (Lipinski definition) is 5. The van der Waals surface area contributed by atoms with Gasteiger partial charge in [-0.15, -0.1) is 0 Å². The Morgan fingerprint density at radius 3 is 2.53 bits per heavy atom. The van der Waals surface area contributed by atoms with Crippen LogP contribution in [-0.4, -0.2) is 77.7 Å². The normalized spacial score (nSPS) is 27.6. The molecule has 1 aromatic carbocycles. The molecule has 1 aromatic heterocycles. The van der Waals surface area contributed by atoms with Gasteiger partial charge in [-0.25, -0.2) is 0 Å². The molecule has 32 heavy (non-hydrogen) atoms. The molecule has 172 valence electrons. The van der Waals surface area contributed by atoms with Gasteiger partial charge in [-0.2, -0.15) is 0 Å². The van der Waals surface area contributed by atoms with Crippen LogP contribution in [0.5, 0.6) is 0 Å². The number of nitrogens with zero attached hydrogens (tertiary/aromatic N) is 3. The molecule has 1 saturated carbocycles. The van der Waals surface area contributed by atoms with Crippen molar-refractivity contribution >= 4 is 5.91 Å². The Kier molecular flexibility index (Phi) is 7.23. The van der Waals surface area contributed by atoms with Crippen LogP contribution in [0.15, 0.2) is 48.7 Å². The largest absolute Gasteiger partial charge is 0.391 e. The Morgan fingerprint density at radius 1 is 1.09 bits per heavy atom. The van der Waals surface area contributed by atoms with Gasteiger partial charge in [0.05, 0.1) is 11.7 Å². The molecule has 1 amide bonds. The molecule has 1 saturated heterocycles. The van der Waals surface area contributed by atoms with E-state index in [2.05, 4.69) is 51.4 Å². The van der Waals surface area contributed by atoms with Crippen LogP contribution in [0.3, 0.4) is 0 Å². The fourth-order valence-electron chi connectivity index (χ4n) is 5.37. The van der Waals surface area contributed by atoms with Crippen molar-refractivity contribution in [1.82, 2.24) is 20.1 Å². The van der Waals surface area contributed by atoms with Crippen LogP contribution >= 0.6 is 0 Å². The smallest absolute Gasteiger partial charge is 0.253 e. The summed E-state index contributed by atoms with van der Waals surface area (Å²) in [5.74, 6) is -0.0775. The minimum atomic E-state index is -0.333. The second-order valence-corrected chi connectivity index (χ2v) is 9.52. The lowest BCUT2D eigenvalue weighted by Gasteiger charge is -2.39. The van der Waals surface area contributed by atoms with Gasteiger partial charge in [0.1, 0.15) is 0 Å². The summed E-state index contributed by atoms with van der Waals surface area (Å²) in [6.45, 7) is 6.54. The molecule has 0 unspecified atom stereocenters. The molecule has 1 aliphatic heterocycles. The van der Waals surface area contributed by atoms with E-state index in [0.29, 0.717) is 12.1 Å². The van der Waals surface area contributed by atoms with Gasteiger partial charge in [-0.05, 0) is 57.4 Å². The first-order valence-electron chi connectivity index (χ1n) is 11.8. The molecule has 0 spiro atoms. The quantitative estimate of drug-likeness (QED) is 0.706. The summed E-state index contributed by atoms with van der Waals surface area (Å²) in [5.41, 5.74) is 2.43. The molecule has 1 aliphatic carbocycles. The van der Waals surface area contributed by atoms with Gasteiger partial charge in [-0.3, -0.25) is 14.7 Å². The number of aliphatic hydroxyl groups excluding tert-OH is 1. The third-order valence-corrected chi connectivity index (χ3v) is 7.51. The number of hydrogen-bond donors (Lipinski definition) is 2. The molecular formula is C26H36N4O2. The van der Waals surface area contributed by atoms with E-state index >= 15 is 0 Å². The molecule has 2 aromatic rings. The summed E-state index contributed by atoms with van der Waals surface area (Å²) in [7, 11) is 2.16. The first-order chi connectivity index (χ1) is 15.5. The lowest BCUT2D eigenvalue weighted by atomic mass is 9.74. The van der Waals surface area contributed by atoms with Crippen LogP contribution in [0.2, 0.25) is 0 Å². The van der Waals surface area contributed by atoms with Crippen molar-refractivity contribution in [3.8, 4) is 0 Å². The van der Waals surface area contributed by atoms with Gasteiger partial charge < -0.3 is 15.3 Å². The summed E-state index contributed by atoms with van der Waals surface area (Å²) in [4.78, 5) is 22.0. The number of aliphatic hydroxyl groups is 1. The number of likely N-dealkylation sites (N-methyl/N-ethyl adjacent to an activating group) is 1. The lowest BCUT2D eigenvalue weighted by molar-refractivity contribution is 0.0200. The topological polar surface area (TPSA) is 68.7 Å². The fraction of sp³-hybridized carbons (Fsp3) is 0.538. The van der Waals surface area contributed by atoms with Gasteiger partial charge in [0, 0.05) is 56.1 Å². The van der Waals surface area contributed by atoms with E-state index in [1.807, 2.05) is 19.1 Å². The molecule has 0 radical (unpaired) electrons. The maximum absolute atomic E-state index is 13.0.